The van der Waals surface area contributed by atoms with E-state index in [-0.39, 0.29) is 11.9 Å². The van der Waals surface area contributed by atoms with E-state index in [1.807, 2.05) is 6.92 Å². The highest BCUT2D eigenvalue weighted by Gasteiger charge is 2.25. The van der Waals surface area contributed by atoms with Crippen LogP contribution in [0.25, 0.3) is 0 Å². The Morgan fingerprint density at radius 1 is 1.31 bits per heavy atom. The molecule has 1 heterocycles. The van der Waals surface area contributed by atoms with Gasteiger partial charge in [-0.25, -0.2) is 0 Å². The van der Waals surface area contributed by atoms with Crippen molar-refractivity contribution >= 4 is 5.91 Å². The maximum Gasteiger partial charge on any atom is 0.237 e. The molecule has 0 bridgehead atoms. The molecule has 1 saturated carbocycles. The first-order valence-electron chi connectivity index (χ1n) is 6.52. The molecule has 2 aliphatic rings. The van der Waals surface area contributed by atoms with Crippen LogP contribution in [0, 0.1) is 0 Å². The van der Waals surface area contributed by atoms with Gasteiger partial charge in [0.2, 0.25) is 5.91 Å². The summed E-state index contributed by atoms with van der Waals surface area (Å²) in [6.07, 6.45) is 4.87. The smallest absolute Gasteiger partial charge is 0.237 e. The molecule has 4 nitrogen and oxygen atoms in total. The van der Waals surface area contributed by atoms with Gasteiger partial charge in [-0.15, -0.1) is 0 Å². The minimum absolute atomic E-state index is 0.0303. The zero-order chi connectivity index (χ0) is 11.4. The van der Waals surface area contributed by atoms with Crippen molar-refractivity contribution in [2.24, 2.45) is 0 Å². The molecule has 0 spiro atoms. The molecule has 1 saturated heterocycles. The topological polar surface area (TPSA) is 44.4 Å². The highest BCUT2D eigenvalue weighted by atomic mass is 16.2. The molecule has 2 rings (SSSR count). The van der Waals surface area contributed by atoms with Crippen molar-refractivity contribution in [3.8, 4) is 0 Å². The maximum atomic E-state index is 12.0. The van der Waals surface area contributed by atoms with Crippen molar-refractivity contribution in [2.75, 3.05) is 26.2 Å². The zero-order valence-corrected chi connectivity index (χ0v) is 10.2. The summed E-state index contributed by atoms with van der Waals surface area (Å²) in [4.78, 5) is 14.3. The number of rotatable bonds is 3. The first-order chi connectivity index (χ1) is 7.77. The minimum Gasteiger partial charge on any atom is -0.352 e. The zero-order valence-electron chi connectivity index (χ0n) is 10.2. The van der Waals surface area contributed by atoms with Gasteiger partial charge < -0.3 is 10.6 Å². The highest BCUT2D eigenvalue weighted by molar-refractivity contribution is 5.81. The molecule has 1 aliphatic carbocycles. The number of hydrogen-bond acceptors (Lipinski definition) is 3. The number of carbonyl (C=O) groups excluding carboxylic acids is 1. The predicted octanol–water partition coefficient (Wildman–Crippen LogP) is 0.339. The molecule has 1 amide bonds. The van der Waals surface area contributed by atoms with Crippen LogP contribution in [0.3, 0.4) is 0 Å². The molecule has 2 N–H and O–H groups in total. The Kier molecular flexibility index (Phi) is 4.18. The van der Waals surface area contributed by atoms with E-state index in [2.05, 4.69) is 15.5 Å². The van der Waals surface area contributed by atoms with Gasteiger partial charge in [0, 0.05) is 32.2 Å². The second kappa shape index (κ2) is 5.64. The predicted molar refractivity (Wildman–Crippen MR) is 64.3 cm³/mol. The van der Waals surface area contributed by atoms with Crippen molar-refractivity contribution in [1.29, 1.82) is 0 Å². The molecular formula is C12H23N3O. The van der Waals surface area contributed by atoms with Crippen LogP contribution in [0.15, 0.2) is 0 Å². The summed E-state index contributed by atoms with van der Waals surface area (Å²) in [5.41, 5.74) is 0. The van der Waals surface area contributed by atoms with Crippen LogP contribution in [0.2, 0.25) is 0 Å². The van der Waals surface area contributed by atoms with Crippen molar-refractivity contribution in [3.63, 3.8) is 0 Å². The lowest BCUT2D eigenvalue weighted by Gasteiger charge is -2.32. The lowest BCUT2D eigenvalue weighted by Crippen LogP contribution is -2.53. The van der Waals surface area contributed by atoms with E-state index in [0.29, 0.717) is 6.04 Å². The first kappa shape index (κ1) is 11.9. The number of piperazine rings is 1. The third kappa shape index (κ3) is 2.95. The van der Waals surface area contributed by atoms with Crippen LogP contribution < -0.4 is 10.6 Å². The van der Waals surface area contributed by atoms with E-state index >= 15 is 0 Å². The van der Waals surface area contributed by atoms with Gasteiger partial charge in [-0.2, -0.15) is 0 Å². The Bertz CT molecular complexity index is 232. The van der Waals surface area contributed by atoms with Gasteiger partial charge in [-0.1, -0.05) is 12.8 Å². The first-order valence-corrected chi connectivity index (χ1v) is 6.52. The fourth-order valence-electron chi connectivity index (χ4n) is 2.63. The minimum atomic E-state index is 0.0303. The molecule has 2 fully saturated rings. The standard InChI is InChI=1S/C12H23N3O/c1-10(15-8-6-13-7-9-15)12(16)14-11-4-2-3-5-11/h10-11,13H,2-9H2,1H3,(H,14,16)/t10-/m1/s1. The van der Waals surface area contributed by atoms with Gasteiger partial charge in [-0.05, 0) is 19.8 Å². The summed E-state index contributed by atoms with van der Waals surface area (Å²) >= 11 is 0. The van der Waals surface area contributed by atoms with Crippen molar-refractivity contribution in [3.05, 3.63) is 0 Å². The van der Waals surface area contributed by atoms with E-state index < -0.39 is 0 Å². The van der Waals surface area contributed by atoms with Gasteiger partial charge in [0.1, 0.15) is 0 Å². The fourth-order valence-corrected chi connectivity index (χ4v) is 2.63. The largest absolute Gasteiger partial charge is 0.352 e. The SMILES string of the molecule is C[C@H](C(=O)NC1CCCC1)N1CCNCC1. The quantitative estimate of drug-likeness (QED) is 0.728. The average Bonchev–Trinajstić information content (AvgIpc) is 2.82. The van der Waals surface area contributed by atoms with E-state index in [4.69, 9.17) is 0 Å². The monoisotopic (exact) mass is 225 g/mol. The van der Waals surface area contributed by atoms with Crippen molar-refractivity contribution in [2.45, 2.75) is 44.7 Å². The molecule has 1 atom stereocenters. The molecule has 4 heteroatoms. The molecule has 0 aromatic heterocycles. The molecule has 92 valence electrons. The summed E-state index contributed by atoms with van der Waals surface area (Å²) in [5.74, 6) is 0.216. The third-order valence-electron chi connectivity index (χ3n) is 3.78. The van der Waals surface area contributed by atoms with Crippen LogP contribution in [0.5, 0.6) is 0 Å². The van der Waals surface area contributed by atoms with Gasteiger partial charge >= 0.3 is 0 Å². The molecule has 0 aromatic carbocycles. The Balaban J connectivity index is 1.78. The third-order valence-corrected chi connectivity index (χ3v) is 3.78. The van der Waals surface area contributed by atoms with Crippen LogP contribution in [0.4, 0.5) is 0 Å². The second-order valence-corrected chi connectivity index (χ2v) is 4.95. The lowest BCUT2D eigenvalue weighted by atomic mass is 10.2. The van der Waals surface area contributed by atoms with E-state index in [9.17, 15) is 4.79 Å². The Hall–Kier alpha value is -0.610. The van der Waals surface area contributed by atoms with Crippen LogP contribution in [-0.2, 0) is 4.79 Å². The van der Waals surface area contributed by atoms with Crippen molar-refractivity contribution in [1.82, 2.24) is 15.5 Å². The van der Waals surface area contributed by atoms with Gasteiger partial charge in [0.05, 0.1) is 6.04 Å². The number of nitrogens with one attached hydrogen (secondary N) is 2. The molecule has 16 heavy (non-hydrogen) atoms. The Labute approximate surface area is 97.8 Å². The van der Waals surface area contributed by atoms with Crippen LogP contribution in [0.1, 0.15) is 32.6 Å². The number of hydrogen-bond donors (Lipinski definition) is 2. The fraction of sp³-hybridized carbons (Fsp3) is 0.917. The number of amides is 1. The lowest BCUT2D eigenvalue weighted by molar-refractivity contribution is -0.126. The second-order valence-electron chi connectivity index (χ2n) is 4.95. The van der Waals surface area contributed by atoms with Gasteiger partial charge in [-0.3, -0.25) is 9.69 Å². The molecular weight excluding hydrogens is 202 g/mol. The maximum absolute atomic E-state index is 12.0. The Morgan fingerprint density at radius 2 is 1.94 bits per heavy atom. The average molecular weight is 225 g/mol. The number of carbonyl (C=O) groups is 1. The molecule has 0 radical (unpaired) electrons. The van der Waals surface area contributed by atoms with E-state index in [1.165, 1.54) is 25.7 Å². The summed E-state index contributed by atoms with van der Waals surface area (Å²) in [6, 6.07) is 0.473. The van der Waals surface area contributed by atoms with Crippen LogP contribution >= 0.6 is 0 Å². The highest BCUT2D eigenvalue weighted by Crippen LogP contribution is 2.17. The normalized spacial score (nSPS) is 25.6. The number of nitrogens with zero attached hydrogens (tertiary/aromatic N) is 1. The summed E-state index contributed by atoms with van der Waals surface area (Å²) < 4.78 is 0. The van der Waals surface area contributed by atoms with Crippen molar-refractivity contribution < 1.29 is 4.79 Å². The Morgan fingerprint density at radius 3 is 2.56 bits per heavy atom. The molecule has 0 unspecified atom stereocenters. The summed E-state index contributed by atoms with van der Waals surface area (Å²) in [6.45, 7) is 6.00. The van der Waals surface area contributed by atoms with Crippen LogP contribution in [-0.4, -0.2) is 49.1 Å². The van der Waals surface area contributed by atoms with E-state index in [1.54, 1.807) is 0 Å². The molecule has 0 aromatic rings. The summed E-state index contributed by atoms with van der Waals surface area (Å²) in [7, 11) is 0. The molecule has 1 aliphatic heterocycles. The summed E-state index contributed by atoms with van der Waals surface area (Å²) in [5, 5.41) is 6.48. The van der Waals surface area contributed by atoms with Gasteiger partial charge in [0.25, 0.3) is 0 Å². The van der Waals surface area contributed by atoms with E-state index in [0.717, 1.165) is 26.2 Å². The van der Waals surface area contributed by atoms with Gasteiger partial charge in [0.15, 0.2) is 0 Å².